The molecule has 3 nitrogen and oxygen atoms in total. The topological polar surface area (TPSA) is 33.2 Å². The summed E-state index contributed by atoms with van der Waals surface area (Å²) in [5, 5.41) is 0.760. The van der Waals surface area contributed by atoms with Gasteiger partial charge in [0.25, 0.3) is 5.91 Å². The first kappa shape index (κ1) is 20.0. The highest BCUT2D eigenvalue weighted by Crippen LogP contribution is 2.34. The van der Waals surface area contributed by atoms with Crippen LogP contribution in [0.4, 0.5) is 5.13 Å². The second-order valence-electron chi connectivity index (χ2n) is 8.49. The fraction of sp³-hybridized carbons (Fsp3) is 0.259. The standard InChI is InChI=1S/C27H26N2OS/c1-18-14-19(2)25-24(15-18)28-27(31-25)29(17-20-8-4-3-5-9-20)26(30)23-13-12-21-10-6-7-11-22(21)16-23/h3-5,8-9,12-16H,6-7,10-11,17H2,1-2H3. The summed E-state index contributed by atoms with van der Waals surface area (Å²) in [5.74, 6) is 0.0191. The van der Waals surface area contributed by atoms with E-state index >= 15 is 0 Å². The number of rotatable bonds is 4. The van der Waals surface area contributed by atoms with Crippen LogP contribution >= 0.6 is 11.3 Å². The van der Waals surface area contributed by atoms with Gasteiger partial charge in [-0.15, -0.1) is 0 Å². The minimum Gasteiger partial charge on any atom is -0.279 e. The van der Waals surface area contributed by atoms with Crippen molar-refractivity contribution in [2.75, 3.05) is 4.90 Å². The van der Waals surface area contributed by atoms with Crippen molar-refractivity contribution in [1.82, 2.24) is 4.98 Å². The first-order valence-corrected chi connectivity index (χ1v) is 11.8. The number of carbonyl (C=O) groups excluding carboxylic acids is 1. The van der Waals surface area contributed by atoms with E-state index in [9.17, 15) is 4.79 Å². The van der Waals surface area contributed by atoms with Crippen LogP contribution in [0, 0.1) is 13.8 Å². The Labute approximate surface area is 187 Å². The van der Waals surface area contributed by atoms with Crippen LogP contribution in [0.15, 0.2) is 60.7 Å². The van der Waals surface area contributed by atoms with Crippen molar-refractivity contribution in [3.8, 4) is 0 Å². The van der Waals surface area contributed by atoms with Crippen LogP contribution < -0.4 is 4.90 Å². The maximum absolute atomic E-state index is 13.8. The van der Waals surface area contributed by atoms with Gasteiger partial charge in [0, 0.05) is 5.56 Å². The summed E-state index contributed by atoms with van der Waals surface area (Å²) in [7, 11) is 0. The van der Waals surface area contributed by atoms with E-state index in [1.54, 1.807) is 11.3 Å². The monoisotopic (exact) mass is 426 g/mol. The molecular weight excluding hydrogens is 400 g/mol. The molecule has 0 unspecified atom stereocenters. The van der Waals surface area contributed by atoms with Crippen LogP contribution in [0.2, 0.25) is 0 Å². The van der Waals surface area contributed by atoms with Crippen LogP contribution in [0.25, 0.3) is 10.2 Å². The maximum Gasteiger partial charge on any atom is 0.260 e. The molecular formula is C27H26N2OS. The number of hydrogen-bond acceptors (Lipinski definition) is 3. The van der Waals surface area contributed by atoms with Gasteiger partial charge >= 0.3 is 0 Å². The van der Waals surface area contributed by atoms with Gasteiger partial charge in [0.1, 0.15) is 0 Å². The summed E-state index contributed by atoms with van der Waals surface area (Å²) >= 11 is 1.61. The van der Waals surface area contributed by atoms with E-state index in [-0.39, 0.29) is 5.91 Å². The molecule has 1 amide bonds. The van der Waals surface area contributed by atoms with E-state index in [1.807, 2.05) is 29.2 Å². The van der Waals surface area contributed by atoms with Gasteiger partial charge in [0.15, 0.2) is 5.13 Å². The molecule has 0 saturated carbocycles. The molecule has 0 aliphatic heterocycles. The van der Waals surface area contributed by atoms with Crippen molar-refractivity contribution in [2.45, 2.75) is 46.1 Å². The lowest BCUT2D eigenvalue weighted by Gasteiger charge is -2.22. The van der Waals surface area contributed by atoms with Gasteiger partial charge < -0.3 is 0 Å². The van der Waals surface area contributed by atoms with Crippen LogP contribution in [-0.2, 0) is 19.4 Å². The Kier molecular flexibility index (Phi) is 5.33. The average molecular weight is 427 g/mol. The molecule has 5 rings (SSSR count). The Bertz CT molecular complexity index is 1260. The Morgan fingerprint density at radius 3 is 2.55 bits per heavy atom. The highest BCUT2D eigenvalue weighted by molar-refractivity contribution is 7.22. The van der Waals surface area contributed by atoms with Crippen LogP contribution in [-0.4, -0.2) is 10.9 Å². The van der Waals surface area contributed by atoms with Crippen LogP contribution in [0.3, 0.4) is 0 Å². The zero-order chi connectivity index (χ0) is 21.4. The molecule has 0 atom stereocenters. The van der Waals surface area contributed by atoms with Crippen molar-refractivity contribution in [3.63, 3.8) is 0 Å². The Hall–Kier alpha value is -2.98. The highest BCUT2D eigenvalue weighted by Gasteiger charge is 2.23. The molecule has 0 saturated heterocycles. The number of nitrogens with zero attached hydrogens (tertiary/aromatic N) is 2. The van der Waals surface area contributed by atoms with Crippen molar-refractivity contribution >= 4 is 32.6 Å². The normalized spacial score (nSPS) is 13.2. The fourth-order valence-electron chi connectivity index (χ4n) is 4.49. The Morgan fingerprint density at radius 1 is 0.968 bits per heavy atom. The molecule has 4 heteroatoms. The number of thiazole rings is 1. The van der Waals surface area contributed by atoms with Gasteiger partial charge in [-0.2, -0.15) is 0 Å². The van der Waals surface area contributed by atoms with E-state index < -0.39 is 0 Å². The molecule has 0 N–H and O–H groups in total. The average Bonchev–Trinajstić information content (AvgIpc) is 3.21. The van der Waals surface area contributed by atoms with E-state index in [0.29, 0.717) is 6.54 Å². The van der Waals surface area contributed by atoms with Gasteiger partial charge in [0.2, 0.25) is 0 Å². The third-order valence-corrected chi connectivity index (χ3v) is 7.29. The van der Waals surface area contributed by atoms with Gasteiger partial charge in [-0.05, 0) is 85.5 Å². The number of aryl methyl sites for hydroxylation is 4. The first-order valence-electron chi connectivity index (χ1n) is 10.9. The number of anilines is 1. The summed E-state index contributed by atoms with van der Waals surface area (Å²) in [5.41, 5.74) is 7.94. The zero-order valence-corrected chi connectivity index (χ0v) is 18.8. The van der Waals surface area contributed by atoms with Crippen LogP contribution in [0.1, 0.15) is 51.0 Å². The lowest BCUT2D eigenvalue weighted by Crippen LogP contribution is -2.30. The Balaban J connectivity index is 1.57. The predicted molar refractivity (Wildman–Crippen MR) is 129 cm³/mol. The lowest BCUT2D eigenvalue weighted by molar-refractivity contribution is 0.0985. The molecule has 0 spiro atoms. The summed E-state index contributed by atoms with van der Waals surface area (Å²) < 4.78 is 1.15. The molecule has 0 radical (unpaired) electrons. The minimum atomic E-state index is 0.0191. The molecule has 1 aromatic heterocycles. The maximum atomic E-state index is 13.8. The molecule has 156 valence electrons. The molecule has 4 aromatic rings. The highest BCUT2D eigenvalue weighted by atomic mass is 32.1. The van der Waals surface area contributed by atoms with Gasteiger partial charge in [-0.1, -0.05) is 53.8 Å². The van der Waals surface area contributed by atoms with Gasteiger partial charge in [-0.3, -0.25) is 9.69 Å². The first-order chi connectivity index (χ1) is 15.1. The molecule has 1 aliphatic carbocycles. The van der Waals surface area contributed by atoms with E-state index in [1.165, 1.54) is 35.1 Å². The number of aromatic nitrogens is 1. The molecule has 1 aliphatic rings. The van der Waals surface area contributed by atoms with Gasteiger partial charge in [0.05, 0.1) is 16.8 Å². The number of benzene rings is 3. The van der Waals surface area contributed by atoms with Crippen molar-refractivity contribution in [2.24, 2.45) is 0 Å². The quantitative estimate of drug-likeness (QED) is 0.366. The molecule has 3 aromatic carbocycles. The number of fused-ring (bicyclic) bond motifs is 2. The second-order valence-corrected chi connectivity index (χ2v) is 9.47. The zero-order valence-electron chi connectivity index (χ0n) is 18.0. The van der Waals surface area contributed by atoms with E-state index in [0.717, 1.165) is 39.3 Å². The molecule has 0 fully saturated rings. The van der Waals surface area contributed by atoms with Gasteiger partial charge in [-0.25, -0.2) is 4.98 Å². The summed E-state index contributed by atoms with van der Waals surface area (Å²) in [6, 6.07) is 20.7. The summed E-state index contributed by atoms with van der Waals surface area (Å²) in [6.45, 7) is 4.71. The second kappa shape index (κ2) is 8.27. The summed E-state index contributed by atoms with van der Waals surface area (Å²) in [6.07, 6.45) is 4.63. The van der Waals surface area contributed by atoms with Crippen molar-refractivity contribution in [3.05, 3.63) is 94.0 Å². The number of hydrogen-bond donors (Lipinski definition) is 0. The van der Waals surface area contributed by atoms with E-state index in [2.05, 4.69) is 50.2 Å². The van der Waals surface area contributed by atoms with E-state index in [4.69, 9.17) is 4.98 Å². The fourth-order valence-corrected chi connectivity index (χ4v) is 5.51. The lowest BCUT2D eigenvalue weighted by atomic mass is 9.90. The third-order valence-electron chi connectivity index (χ3n) is 6.06. The van der Waals surface area contributed by atoms with Crippen LogP contribution in [0.5, 0.6) is 0 Å². The van der Waals surface area contributed by atoms with Crippen molar-refractivity contribution in [1.29, 1.82) is 0 Å². The van der Waals surface area contributed by atoms with Crippen molar-refractivity contribution < 1.29 is 4.79 Å². The predicted octanol–water partition coefficient (Wildman–Crippen LogP) is 6.64. The molecule has 0 bridgehead atoms. The minimum absolute atomic E-state index is 0.0191. The SMILES string of the molecule is Cc1cc(C)c2sc(N(Cc3ccccc3)C(=O)c3ccc4c(c3)CCCC4)nc2c1. The number of amides is 1. The number of carbonyl (C=O) groups is 1. The molecule has 31 heavy (non-hydrogen) atoms. The smallest absolute Gasteiger partial charge is 0.260 e. The third kappa shape index (κ3) is 4.00. The summed E-state index contributed by atoms with van der Waals surface area (Å²) in [4.78, 5) is 20.5. The largest absolute Gasteiger partial charge is 0.279 e. The molecule has 1 heterocycles. The Morgan fingerprint density at radius 2 is 1.74 bits per heavy atom.